The van der Waals surface area contributed by atoms with Gasteiger partial charge in [0.1, 0.15) is 0 Å². The van der Waals surface area contributed by atoms with Crippen molar-refractivity contribution >= 4 is 23.8 Å². The van der Waals surface area contributed by atoms with Crippen molar-refractivity contribution in [1.29, 1.82) is 0 Å². The highest BCUT2D eigenvalue weighted by molar-refractivity contribution is 6.07. The number of benzene rings is 2. The van der Waals surface area contributed by atoms with E-state index in [0.717, 1.165) is 0 Å². The van der Waals surface area contributed by atoms with E-state index in [9.17, 15) is 19.2 Å². The standard InChI is InChI=1S/C25H25NO7/c1-4-33-23(29)20-15-14-19(16-10-12-18(13-11-16)22(28)31-2)25(20,24(30)32-3)26-21(27)17-8-6-5-7-9-17/h5-13,15,19H,4,14H2,1-3H3,(H,26,27)/t19-,25+/m1/s1. The lowest BCUT2D eigenvalue weighted by Crippen LogP contribution is -2.59. The van der Waals surface area contributed by atoms with E-state index in [1.54, 1.807) is 67.6 Å². The van der Waals surface area contributed by atoms with Crippen molar-refractivity contribution in [2.75, 3.05) is 20.8 Å². The smallest absolute Gasteiger partial charge is 0.337 e. The molecule has 0 radical (unpaired) electrons. The van der Waals surface area contributed by atoms with E-state index in [4.69, 9.17) is 14.2 Å². The van der Waals surface area contributed by atoms with Crippen LogP contribution in [-0.2, 0) is 23.8 Å². The Bertz CT molecular complexity index is 1080. The summed E-state index contributed by atoms with van der Waals surface area (Å²) in [4.78, 5) is 51.1. The van der Waals surface area contributed by atoms with Gasteiger partial charge in [-0.2, -0.15) is 0 Å². The molecule has 33 heavy (non-hydrogen) atoms. The molecule has 0 fully saturated rings. The Morgan fingerprint density at radius 2 is 1.58 bits per heavy atom. The Morgan fingerprint density at radius 3 is 2.15 bits per heavy atom. The Hall–Kier alpha value is -3.94. The van der Waals surface area contributed by atoms with E-state index in [2.05, 4.69) is 5.32 Å². The maximum Gasteiger partial charge on any atom is 0.337 e. The molecular formula is C25H25NO7. The van der Waals surface area contributed by atoms with Crippen LogP contribution in [0.5, 0.6) is 0 Å². The first-order valence-electron chi connectivity index (χ1n) is 10.4. The minimum atomic E-state index is -1.82. The molecule has 0 heterocycles. The zero-order valence-corrected chi connectivity index (χ0v) is 18.6. The van der Waals surface area contributed by atoms with Crippen LogP contribution in [0.1, 0.15) is 45.5 Å². The second-order valence-electron chi connectivity index (χ2n) is 7.36. The summed E-state index contributed by atoms with van der Waals surface area (Å²) < 4.78 is 15.0. The van der Waals surface area contributed by atoms with Gasteiger partial charge in [0, 0.05) is 11.5 Å². The van der Waals surface area contributed by atoms with Crippen molar-refractivity contribution in [1.82, 2.24) is 5.32 Å². The van der Waals surface area contributed by atoms with Gasteiger partial charge in [-0.1, -0.05) is 36.4 Å². The van der Waals surface area contributed by atoms with Crippen molar-refractivity contribution in [2.45, 2.75) is 24.8 Å². The maximum absolute atomic E-state index is 13.3. The molecule has 1 N–H and O–H groups in total. The first-order valence-corrected chi connectivity index (χ1v) is 10.4. The number of hydrogen-bond acceptors (Lipinski definition) is 7. The molecular weight excluding hydrogens is 426 g/mol. The Labute approximate surface area is 191 Å². The van der Waals surface area contributed by atoms with Gasteiger partial charge in [-0.25, -0.2) is 14.4 Å². The van der Waals surface area contributed by atoms with Crippen molar-refractivity contribution < 1.29 is 33.4 Å². The maximum atomic E-state index is 13.3. The largest absolute Gasteiger partial charge is 0.467 e. The first kappa shape index (κ1) is 23.7. The van der Waals surface area contributed by atoms with Crippen LogP contribution in [0.25, 0.3) is 0 Å². The van der Waals surface area contributed by atoms with Gasteiger partial charge in [0.2, 0.25) is 0 Å². The SMILES string of the molecule is CCOC(=O)C1=CC[C@H](c2ccc(C(=O)OC)cc2)[C@@]1(NC(=O)c1ccccc1)C(=O)OC. The molecule has 0 aliphatic heterocycles. The third kappa shape index (κ3) is 4.50. The number of nitrogens with one attached hydrogen (secondary N) is 1. The van der Waals surface area contributed by atoms with Crippen LogP contribution < -0.4 is 5.32 Å². The minimum Gasteiger partial charge on any atom is -0.467 e. The number of esters is 3. The number of carbonyl (C=O) groups excluding carboxylic acids is 4. The van der Waals surface area contributed by atoms with Gasteiger partial charge in [0.15, 0.2) is 5.54 Å². The molecule has 0 bridgehead atoms. The molecule has 1 aliphatic rings. The lowest BCUT2D eigenvalue weighted by atomic mass is 9.77. The summed E-state index contributed by atoms with van der Waals surface area (Å²) in [6.45, 7) is 1.75. The predicted octanol–water partition coefficient (Wildman–Crippen LogP) is 2.79. The van der Waals surface area contributed by atoms with Crippen LogP contribution in [0.15, 0.2) is 66.2 Å². The van der Waals surface area contributed by atoms with Crippen molar-refractivity contribution in [3.05, 3.63) is 82.9 Å². The van der Waals surface area contributed by atoms with Crippen LogP contribution in [0.4, 0.5) is 0 Å². The molecule has 1 aliphatic carbocycles. The summed E-state index contributed by atoms with van der Waals surface area (Å²) >= 11 is 0. The summed E-state index contributed by atoms with van der Waals surface area (Å²) in [7, 11) is 2.47. The van der Waals surface area contributed by atoms with Crippen LogP contribution in [0.3, 0.4) is 0 Å². The number of ether oxygens (including phenoxy) is 3. The van der Waals surface area contributed by atoms with E-state index in [0.29, 0.717) is 16.7 Å². The summed E-state index contributed by atoms with van der Waals surface area (Å²) in [5.41, 5.74) is -0.550. The van der Waals surface area contributed by atoms with E-state index in [1.165, 1.54) is 14.2 Å². The van der Waals surface area contributed by atoms with E-state index >= 15 is 0 Å². The third-order valence-corrected chi connectivity index (χ3v) is 5.59. The number of rotatable bonds is 7. The summed E-state index contributed by atoms with van der Waals surface area (Å²) in [5.74, 6) is -3.25. The van der Waals surface area contributed by atoms with Gasteiger partial charge in [0.25, 0.3) is 5.91 Å². The number of amides is 1. The molecule has 8 nitrogen and oxygen atoms in total. The molecule has 2 atom stereocenters. The average Bonchev–Trinajstić information content (AvgIpc) is 3.23. The van der Waals surface area contributed by atoms with Gasteiger partial charge in [-0.3, -0.25) is 4.79 Å². The molecule has 3 rings (SSSR count). The fourth-order valence-corrected chi connectivity index (χ4v) is 4.03. The Balaban J connectivity index is 2.11. The summed E-state index contributed by atoms with van der Waals surface area (Å²) in [6.07, 6.45) is 1.84. The van der Waals surface area contributed by atoms with Gasteiger partial charge < -0.3 is 19.5 Å². The molecule has 0 saturated heterocycles. The molecule has 0 saturated carbocycles. The zero-order valence-electron chi connectivity index (χ0n) is 18.6. The van der Waals surface area contributed by atoms with Gasteiger partial charge in [0.05, 0.1) is 32.0 Å². The lowest BCUT2D eigenvalue weighted by Gasteiger charge is -2.36. The monoisotopic (exact) mass is 451 g/mol. The molecule has 8 heteroatoms. The van der Waals surface area contributed by atoms with E-state index in [1.807, 2.05) is 0 Å². The first-order chi connectivity index (χ1) is 15.9. The highest BCUT2D eigenvalue weighted by Gasteiger charge is 2.57. The predicted molar refractivity (Wildman–Crippen MR) is 119 cm³/mol. The molecule has 172 valence electrons. The molecule has 1 amide bonds. The van der Waals surface area contributed by atoms with Gasteiger partial charge in [-0.15, -0.1) is 0 Å². The zero-order chi connectivity index (χ0) is 24.0. The fraction of sp³-hybridized carbons (Fsp3) is 0.280. The molecule has 0 spiro atoms. The molecule has 2 aromatic carbocycles. The molecule has 0 aromatic heterocycles. The third-order valence-electron chi connectivity index (χ3n) is 5.59. The average molecular weight is 451 g/mol. The molecule has 0 unspecified atom stereocenters. The van der Waals surface area contributed by atoms with Crippen LogP contribution in [0.2, 0.25) is 0 Å². The lowest BCUT2D eigenvalue weighted by molar-refractivity contribution is -0.151. The second kappa shape index (κ2) is 10.1. The van der Waals surface area contributed by atoms with Crippen molar-refractivity contribution in [2.24, 2.45) is 0 Å². The topological polar surface area (TPSA) is 108 Å². The minimum absolute atomic E-state index is 0.00234. The summed E-state index contributed by atoms with van der Waals surface area (Å²) in [5, 5.41) is 2.77. The number of hydrogen-bond donors (Lipinski definition) is 1. The number of carbonyl (C=O) groups is 4. The number of allylic oxidation sites excluding steroid dienone is 1. The normalized spacial score (nSPS) is 19.2. The van der Waals surface area contributed by atoms with Crippen LogP contribution >= 0.6 is 0 Å². The highest BCUT2D eigenvalue weighted by Crippen LogP contribution is 2.44. The van der Waals surface area contributed by atoms with Gasteiger partial charge >= 0.3 is 17.9 Å². The fourth-order valence-electron chi connectivity index (χ4n) is 4.03. The molecule has 2 aromatic rings. The van der Waals surface area contributed by atoms with Crippen LogP contribution in [-0.4, -0.2) is 50.2 Å². The van der Waals surface area contributed by atoms with Crippen molar-refractivity contribution in [3.8, 4) is 0 Å². The summed E-state index contributed by atoms with van der Waals surface area (Å²) in [6, 6.07) is 14.8. The van der Waals surface area contributed by atoms with Crippen molar-refractivity contribution in [3.63, 3.8) is 0 Å². The quantitative estimate of drug-likeness (QED) is 0.509. The second-order valence-corrected chi connectivity index (χ2v) is 7.36. The number of methoxy groups -OCH3 is 2. The van der Waals surface area contributed by atoms with E-state index in [-0.39, 0.29) is 18.6 Å². The van der Waals surface area contributed by atoms with Gasteiger partial charge in [-0.05, 0) is 43.2 Å². The Morgan fingerprint density at radius 1 is 0.909 bits per heavy atom. The highest BCUT2D eigenvalue weighted by atomic mass is 16.5. The van der Waals surface area contributed by atoms with E-state index < -0.39 is 35.3 Å². The van der Waals surface area contributed by atoms with Crippen LogP contribution in [0, 0.1) is 0 Å². The Kier molecular flexibility index (Phi) is 7.27.